The van der Waals surface area contributed by atoms with E-state index in [1.165, 1.54) is 31.1 Å². The standard InChI is InChI=1S/C16H17NS2/c1-10-8-15(12(3)19-10)11(2)17-14-4-5-16-13(9-14)6-7-18-16/h4-9,11,17H,1-3H3. The summed E-state index contributed by atoms with van der Waals surface area (Å²) < 4.78 is 1.35. The lowest BCUT2D eigenvalue weighted by Crippen LogP contribution is -2.06. The van der Waals surface area contributed by atoms with Gasteiger partial charge in [0.1, 0.15) is 0 Å². The minimum absolute atomic E-state index is 0.348. The highest BCUT2D eigenvalue weighted by Gasteiger charge is 2.11. The zero-order chi connectivity index (χ0) is 13.4. The summed E-state index contributed by atoms with van der Waals surface area (Å²) in [6.07, 6.45) is 0. The monoisotopic (exact) mass is 287 g/mol. The summed E-state index contributed by atoms with van der Waals surface area (Å²) in [6.45, 7) is 6.60. The summed E-state index contributed by atoms with van der Waals surface area (Å²) in [6, 6.07) is 11.4. The van der Waals surface area contributed by atoms with Crippen molar-refractivity contribution in [2.75, 3.05) is 5.32 Å². The van der Waals surface area contributed by atoms with E-state index in [0.717, 1.165) is 0 Å². The average molecular weight is 287 g/mol. The van der Waals surface area contributed by atoms with E-state index in [2.05, 4.69) is 61.8 Å². The van der Waals surface area contributed by atoms with Gasteiger partial charge in [0, 0.05) is 26.2 Å². The molecule has 0 saturated carbocycles. The molecule has 98 valence electrons. The van der Waals surface area contributed by atoms with Crippen LogP contribution in [0.15, 0.2) is 35.7 Å². The lowest BCUT2D eigenvalue weighted by Gasteiger charge is -2.15. The van der Waals surface area contributed by atoms with Crippen LogP contribution in [-0.2, 0) is 0 Å². The summed E-state index contributed by atoms with van der Waals surface area (Å²) >= 11 is 3.66. The molecule has 2 heterocycles. The minimum Gasteiger partial charge on any atom is -0.378 e. The van der Waals surface area contributed by atoms with Crippen LogP contribution in [0.3, 0.4) is 0 Å². The second kappa shape index (κ2) is 4.99. The Morgan fingerprint density at radius 2 is 1.95 bits per heavy atom. The van der Waals surface area contributed by atoms with Crippen LogP contribution in [0.1, 0.15) is 28.3 Å². The number of hydrogen-bond donors (Lipinski definition) is 1. The van der Waals surface area contributed by atoms with Crippen molar-refractivity contribution < 1.29 is 0 Å². The summed E-state index contributed by atoms with van der Waals surface area (Å²) in [5.41, 5.74) is 2.61. The van der Waals surface area contributed by atoms with E-state index in [9.17, 15) is 0 Å². The van der Waals surface area contributed by atoms with E-state index in [1.54, 1.807) is 11.3 Å². The van der Waals surface area contributed by atoms with E-state index in [4.69, 9.17) is 0 Å². The third-order valence-corrected chi connectivity index (χ3v) is 5.26. The Morgan fingerprint density at radius 3 is 2.68 bits per heavy atom. The van der Waals surface area contributed by atoms with Gasteiger partial charge < -0.3 is 5.32 Å². The third kappa shape index (κ3) is 2.53. The molecule has 3 rings (SSSR count). The summed E-state index contributed by atoms with van der Waals surface area (Å²) in [4.78, 5) is 2.79. The molecule has 0 aliphatic heterocycles. The largest absolute Gasteiger partial charge is 0.378 e. The topological polar surface area (TPSA) is 12.0 Å². The lowest BCUT2D eigenvalue weighted by molar-refractivity contribution is 0.882. The Labute approximate surface area is 121 Å². The molecule has 3 heteroatoms. The van der Waals surface area contributed by atoms with Gasteiger partial charge in [-0.3, -0.25) is 0 Å². The van der Waals surface area contributed by atoms with Crippen molar-refractivity contribution in [3.8, 4) is 0 Å². The van der Waals surface area contributed by atoms with Gasteiger partial charge in [-0.2, -0.15) is 0 Å². The highest BCUT2D eigenvalue weighted by atomic mass is 32.1. The molecular formula is C16H17NS2. The zero-order valence-corrected chi connectivity index (χ0v) is 13.0. The smallest absolute Gasteiger partial charge is 0.0496 e. The Morgan fingerprint density at radius 1 is 1.11 bits per heavy atom. The van der Waals surface area contributed by atoms with E-state index in [-0.39, 0.29) is 0 Å². The van der Waals surface area contributed by atoms with Crippen molar-refractivity contribution >= 4 is 38.4 Å². The molecular weight excluding hydrogens is 270 g/mol. The maximum Gasteiger partial charge on any atom is 0.0496 e. The van der Waals surface area contributed by atoms with Gasteiger partial charge in [-0.15, -0.1) is 22.7 Å². The number of nitrogens with one attached hydrogen (secondary N) is 1. The fraction of sp³-hybridized carbons (Fsp3) is 0.250. The van der Waals surface area contributed by atoms with Crippen molar-refractivity contribution in [3.05, 3.63) is 51.0 Å². The highest BCUT2D eigenvalue weighted by Crippen LogP contribution is 2.30. The zero-order valence-electron chi connectivity index (χ0n) is 11.4. The Bertz CT molecular complexity index is 708. The second-order valence-electron chi connectivity index (χ2n) is 4.91. The van der Waals surface area contributed by atoms with Crippen molar-refractivity contribution in [2.45, 2.75) is 26.8 Å². The first-order chi connectivity index (χ1) is 9.13. The third-order valence-electron chi connectivity index (χ3n) is 3.38. The quantitative estimate of drug-likeness (QED) is 0.646. The van der Waals surface area contributed by atoms with Gasteiger partial charge in [0.2, 0.25) is 0 Å². The molecule has 0 aliphatic rings. The van der Waals surface area contributed by atoms with Gasteiger partial charge >= 0.3 is 0 Å². The number of benzene rings is 1. The van der Waals surface area contributed by atoms with E-state index in [0.29, 0.717) is 6.04 Å². The first-order valence-corrected chi connectivity index (χ1v) is 8.14. The van der Waals surface area contributed by atoms with Gasteiger partial charge in [0.15, 0.2) is 0 Å². The van der Waals surface area contributed by atoms with Crippen molar-refractivity contribution in [2.24, 2.45) is 0 Å². The van der Waals surface area contributed by atoms with Gasteiger partial charge in [-0.05, 0) is 67.4 Å². The number of fused-ring (bicyclic) bond motifs is 1. The minimum atomic E-state index is 0.348. The summed E-state index contributed by atoms with van der Waals surface area (Å²) in [7, 11) is 0. The number of hydrogen-bond acceptors (Lipinski definition) is 3. The Balaban J connectivity index is 1.85. The van der Waals surface area contributed by atoms with Gasteiger partial charge in [-0.25, -0.2) is 0 Å². The van der Waals surface area contributed by atoms with Crippen LogP contribution in [0, 0.1) is 13.8 Å². The molecule has 1 unspecified atom stereocenters. The second-order valence-corrected chi connectivity index (χ2v) is 7.32. The normalized spacial score (nSPS) is 12.8. The molecule has 0 saturated heterocycles. The molecule has 0 bridgehead atoms. The van der Waals surface area contributed by atoms with Crippen LogP contribution in [0.2, 0.25) is 0 Å². The number of anilines is 1. The summed E-state index contributed by atoms with van der Waals surface area (Å²) in [5, 5.41) is 7.07. The van der Waals surface area contributed by atoms with Crippen LogP contribution >= 0.6 is 22.7 Å². The maximum absolute atomic E-state index is 3.61. The molecule has 1 nitrogen and oxygen atoms in total. The molecule has 19 heavy (non-hydrogen) atoms. The van der Waals surface area contributed by atoms with Crippen LogP contribution in [0.25, 0.3) is 10.1 Å². The number of rotatable bonds is 3. The molecule has 3 aromatic rings. The summed E-state index contributed by atoms with van der Waals surface area (Å²) in [5.74, 6) is 0. The van der Waals surface area contributed by atoms with Crippen LogP contribution in [0.5, 0.6) is 0 Å². The lowest BCUT2D eigenvalue weighted by atomic mass is 10.1. The van der Waals surface area contributed by atoms with E-state index < -0.39 is 0 Å². The van der Waals surface area contributed by atoms with Crippen molar-refractivity contribution in [1.29, 1.82) is 0 Å². The first kappa shape index (κ1) is 12.7. The first-order valence-electron chi connectivity index (χ1n) is 6.44. The molecule has 2 aromatic heterocycles. The molecule has 0 amide bonds. The molecule has 1 aromatic carbocycles. The highest BCUT2D eigenvalue weighted by molar-refractivity contribution is 7.17. The van der Waals surface area contributed by atoms with Gasteiger partial charge in [0.05, 0.1) is 0 Å². The molecule has 0 radical (unpaired) electrons. The maximum atomic E-state index is 3.61. The fourth-order valence-electron chi connectivity index (χ4n) is 2.46. The predicted octanol–water partition coefficient (Wildman–Crippen LogP) is 5.75. The number of thiophene rings is 2. The van der Waals surface area contributed by atoms with Gasteiger partial charge in [-0.1, -0.05) is 0 Å². The van der Waals surface area contributed by atoms with Crippen LogP contribution in [0.4, 0.5) is 5.69 Å². The molecule has 1 atom stereocenters. The molecule has 0 spiro atoms. The fourth-order valence-corrected chi connectivity index (χ4v) is 4.26. The molecule has 0 aliphatic carbocycles. The Kier molecular flexibility index (Phi) is 3.33. The average Bonchev–Trinajstić information content (AvgIpc) is 2.94. The predicted molar refractivity (Wildman–Crippen MR) is 87.7 cm³/mol. The van der Waals surface area contributed by atoms with E-state index >= 15 is 0 Å². The van der Waals surface area contributed by atoms with Crippen LogP contribution < -0.4 is 5.32 Å². The van der Waals surface area contributed by atoms with Crippen molar-refractivity contribution in [1.82, 2.24) is 0 Å². The molecule has 1 N–H and O–H groups in total. The SMILES string of the molecule is Cc1cc(C(C)Nc2ccc3sccc3c2)c(C)s1. The Hall–Kier alpha value is -1.32. The van der Waals surface area contributed by atoms with Crippen molar-refractivity contribution in [3.63, 3.8) is 0 Å². The molecule has 0 fully saturated rings. The van der Waals surface area contributed by atoms with E-state index in [1.807, 2.05) is 11.3 Å². The van der Waals surface area contributed by atoms with Gasteiger partial charge in [0.25, 0.3) is 0 Å². The number of aryl methyl sites for hydroxylation is 2. The van der Waals surface area contributed by atoms with Crippen LogP contribution in [-0.4, -0.2) is 0 Å².